The average molecular weight is 597 g/mol. The largest absolute Gasteiger partial charge is 0.481 e. The number of carboxylic acids is 1. The predicted octanol–water partition coefficient (Wildman–Crippen LogP) is 3.28. The standard InChI is InChI=1S/C29H56O12/c1-2-3-4-5-8-11-33-12-13-34-14-15-35-16-17-36-18-19-37-20-21-38-22-23-39-24-25-40-26-27-41-29(32)10-7-6-9-28(30)31/h2-27H2,1H3,(H,30,31). The summed E-state index contributed by atoms with van der Waals surface area (Å²) in [6, 6.07) is 0. The van der Waals surface area contributed by atoms with E-state index in [1.165, 1.54) is 25.7 Å². The number of unbranched alkanes of at least 4 members (excludes halogenated alkanes) is 5. The molecule has 1 N–H and O–H groups in total. The van der Waals surface area contributed by atoms with Crippen LogP contribution in [0.3, 0.4) is 0 Å². The van der Waals surface area contributed by atoms with Gasteiger partial charge in [-0.05, 0) is 19.3 Å². The van der Waals surface area contributed by atoms with Gasteiger partial charge in [-0.1, -0.05) is 32.6 Å². The van der Waals surface area contributed by atoms with E-state index in [0.29, 0.717) is 112 Å². The number of rotatable bonds is 35. The van der Waals surface area contributed by atoms with Crippen molar-refractivity contribution in [3.8, 4) is 0 Å². The topological polar surface area (TPSA) is 137 Å². The second-order valence-electron chi connectivity index (χ2n) is 9.13. The Labute approximate surface area is 246 Å². The van der Waals surface area contributed by atoms with Crippen LogP contribution in [0, 0.1) is 0 Å². The first-order chi connectivity index (χ1) is 20.2. The van der Waals surface area contributed by atoms with Crippen molar-refractivity contribution >= 4 is 11.9 Å². The Hall–Kier alpha value is -1.38. The molecule has 0 unspecified atom stereocenters. The van der Waals surface area contributed by atoms with Crippen LogP contribution in [-0.2, 0) is 52.2 Å². The van der Waals surface area contributed by atoms with Gasteiger partial charge in [-0.3, -0.25) is 9.59 Å². The lowest BCUT2D eigenvalue weighted by Gasteiger charge is -2.09. The minimum atomic E-state index is -0.859. The third kappa shape index (κ3) is 36.6. The lowest BCUT2D eigenvalue weighted by atomic mass is 10.2. The van der Waals surface area contributed by atoms with Crippen molar-refractivity contribution in [3.63, 3.8) is 0 Å². The second-order valence-corrected chi connectivity index (χ2v) is 9.13. The van der Waals surface area contributed by atoms with Crippen LogP contribution in [0.1, 0.15) is 64.7 Å². The third-order valence-electron chi connectivity index (χ3n) is 5.51. The molecule has 0 aliphatic rings. The molecule has 12 heteroatoms. The number of carbonyl (C=O) groups excluding carboxylic acids is 1. The van der Waals surface area contributed by atoms with Gasteiger partial charge in [0.2, 0.25) is 0 Å². The van der Waals surface area contributed by atoms with E-state index in [9.17, 15) is 9.59 Å². The maximum atomic E-state index is 11.5. The van der Waals surface area contributed by atoms with Gasteiger partial charge in [-0.15, -0.1) is 0 Å². The van der Waals surface area contributed by atoms with E-state index in [0.717, 1.165) is 13.0 Å². The molecule has 0 spiro atoms. The molecule has 12 nitrogen and oxygen atoms in total. The predicted molar refractivity (Wildman–Crippen MR) is 152 cm³/mol. The van der Waals surface area contributed by atoms with E-state index in [1.54, 1.807) is 0 Å². The zero-order valence-electron chi connectivity index (χ0n) is 25.3. The fourth-order valence-corrected chi connectivity index (χ4v) is 3.28. The van der Waals surface area contributed by atoms with Crippen LogP contribution in [0.15, 0.2) is 0 Å². The summed E-state index contributed by atoms with van der Waals surface area (Å²) in [4.78, 5) is 21.8. The van der Waals surface area contributed by atoms with Crippen molar-refractivity contribution in [1.29, 1.82) is 0 Å². The molecular formula is C29H56O12. The fourth-order valence-electron chi connectivity index (χ4n) is 3.28. The minimum Gasteiger partial charge on any atom is -0.481 e. The van der Waals surface area contributed by atoms with Crippen LogP contribution in [0.25, 0.3) is 0 Å². The number of hydrogen-bond acceptors (Lipinski definition) is 11. The van der Waals surface area contributed by atoms with Crippen LogP contribution < -0.4 is 0 Å². The molecule has 0 aromatic rings. The lowest BCUT2D eigenvalue weighted by Crippen LogP contribution is -2.15. The van der Waals surface area contributed by atoms with Gasteiger partial charge in [0, 0.05) is 19.4 Å². The number of aliphatic carboxylic acids is 1. The first-order valence-electron chi connectivity index (χ1n) is 15.2. The Bertz CT molecular complexity index is 550. The Morgan fingerprint density at radius 1 is 0.415 bits per heavy atom. The van der Waals surface area contributed by atoms with Crippen LogP contribution in [-0.4, -0.2) is 129 Å². The number of ether oxygens (including phenoxy) is 9. The first-order valence-corrected chi connectivity index (χ1v) is 15.2. The summed E-state index contributed by atoms with van der Waals surface area (Å²) in [7, 11) is 0. The van der Waals surface area contributed by atoms with Gasteiger partial charge in [0.25, 0.3) is 0 Å². The van der Waals surface area contributed by atoms with Crippen molar-refractivity contribution in [2.75, 3.05) is 112 Å². The van der Waals surface area contributed by atoms with Crippen molar-refractivity contribution in [3.05, 3.63) is 0 Å². The van der Waals surface area contributed by atoms with Gasteiger partial charge in [0.15, 0.2) is 0 Å². The van der Waals surface area contributed by atoms with Gasteiger partial charge in [0.1, 0.15) is 6.61 Å². The van der Waals surface area contributed by atoms with Crippen molar-refractivity contribution in [2.45, 2.75) is 64.7 Å². The normalized spacial score (nSPS) is 11.2. The van der Waals surface area contributed by atoms with Gasteiger partial charge in [-0.2, -0.15) is 0 Å². The Balaban J connectivity index is 3.09. The maximum absolute atomic E-state index is 11.5. The maximum Gasteiger partial charge on any atom is 0.305 e. The number of carbonyl (C=O) groups is 2. The molecule has 0 aliphatic carbocycles. The number of hydrogen-bond donors (Lipinski definition) is 1. The molecule has 0 atom stereocenters. The highest BCUT2D eigenvalue weighted by atomic mass is 16.6. The molecule has 0 bridgehead atoms. The van der Waals surface area contributed by atoms with Gasteiger partial charge in [0.05, 0.1) is 99.1 Å². The van der Waals surface area contributed by atoms with Crippen molar-refractivity contribution in [2.24, 2.45) is 0 Å². The highest BCUT2D eigenvalue weighted by Crippen LogP contribution is 2.02. The van der Waals surface area contributed by atoms with Crippen LogP contribution >= 0.6 is 0 Å². The summed E-state index contributed by atoms with van der Waals surface area (Å²) in [5, 5.41) is 8.54. The quantitative estimate of drug-likeness (QED) is 0.0849. The molecular weight excluding hydrogens is 540 g/mol. The molecule has 0 aromatic carbocycles. The van der Waals surface area contributed by atoms with E-state index in [4.69, 9.17) is 47.7 Å². The summed E-state index contributed by atoms with van der Waals surface area (Å²) >= 11 is 0. The average Bonchev–Trinajstić information content (AvgIpc) is 2.96. The molecule has 0 radical (unpaired) electrons. The van der Waals surface area contributed by atoms with Crippen LogP contribution in [0.5, 0.6) is 0 Å². The van der Waals surface area contributed by atoms with Crippen LogP contribution in [0.4, 0.5) is 0 Å². The molecule has 0 rings (SSSR count). The van der Waals surface area contributed by atoms with Gasteiger partial charge < -0.3 is 47.7 Å². The molecule has 41 heavy (non-hydrogen) atoms. The molecule has 0 aliphatic heterocycles. The smallest absolute Gasteiger partial charge is 0.305 e. The van der Waals surface area contributed by atoms with Gasteiger partial charge in [-0.25, -0.2) is 0 Å². The Morgan fingerprint density at radius 3 is 1.15 bits per heavy atom. The van der Waals surface area contributed by atoms with E-state index in [1.807, 2.05) is 0 Å². The monoisotopic (exact) mass is 596 g/mol. The second kappa shape index (κ2) is 34.8. The Morgan fingerprint density at radius 2 is 0.756 bits per heavy atom. The molecule has 0 fully saturated rings. The number of carboxylic acid groups (broad SMARTS) is 1. The summed E-state index contributed by atoms with van der Waals surface area (Å²) in [5.41, 5.74) is 0. The lowest BCUT2D eigenvalue weighted by molar-refractivity contribution is -0.146. The molecule has 0 amide bonds. The molecule has 0 saturated heterocycles. The summed E-state index contributed by atoms with van der Waals surface area (Å²) < 4.78 is 48.6. The zero-order chi connectivity index (χ0) is 29.9. The van der Waals surface area contributed by atoms with Crippen molar-refractivity contribution in [1.82, 2.24) is 0 Å². The number of esters is 1. The zero-order valence-corrected chi connectivity index (χ0v) is 25.3. The van der Waals surface area contributed by atoms with E-state index < -0.39 is 5.97 Å². The first kappa shape index (κ1) is 39.6. The highest BCUT2D eigenvalue weighted by molar-refractivity contribution is 5.69. The fraction of sp³-hybridized carbons (Fsp3) is 0.931. The Kier molecular flexibility index (Phi) is 33.6. The van der Waals surface area contributed by atoms with Crippen molar-refractivity contribution < 1.29 is 57.3 Å². The van der Waals surface area contributed by atoms with Gasteiger partial charge >= 0.3 is 11.9 Å². The summed E-state index contributed by atoms with van der Waals surface area (Å²) in [5.74, 6) is -1.20. The summed E-state index contributed by atoms with van der Waals surface area (Å²) in [6.07, 6.45) is 7.50. The van der Waals surface area contributed by atoms with E-state index in [2.05, 4.69) is 6.92 Å². The molecule has 0 saturated carbocycles. The highest BCUT2D eigenvalue weighted by Gasteiger charge is 2.04. The molecule has 0 aromatic heterocycles. The minimum absolute atomic E-state index is 0.0652. The SMILES string of the molecule is CCCCCCCOCCOCCOCCOCCOCCOCCOCCOCCOC(=O)CCCCC(=O)O. The molecule has 0 heterocycles. The third-order valence-corrected chi connectivity index (χ3v) is 5.51. The summed E-state index contributed by atoms with van der Waals surface area (Å²) in [6.45, 7) is 10.6. The van der Waals surface area contributed by atoms with Crippen LogP contribution in [0.2, 0.25) is 0 Å². The van der Waals surface area contributed by atoms with E-state index in [-0.39, 0.29) is 25.4 Å². The van der Waals surface area contributed by atoms with E-state index >= 15 is 0 Å². The molecule has 244 valence electrons.